The van der Waals surface area contributed by atoms with Crippen LogP contribution in [-0.2, 0) is 11.2 Å². The Labute approximate surface area is 135 Å². The zero-order valence-corrected chi connectivity index (χ0v) is 13.3. The van der Waals surface area contributed by atoms with Crippen molar-refractivity contribution in [2.45, 2.75) is 18.1 Å². The first kappa shape index (κ1) is 15.1. The van der Waals surface area contributed by atoms with Crippen molar-refractivity contribution in [2.24, 2.45) is 0 Å². The van der Waals surface area contributed by atoms with E-state index in [1.165, 1.54) is 5.56 Å². The minimum Gasteiger partial charge on any atom is -0.342 e. The first-order chi connectivity index (χ1) is 10.8. The van der Waals surface area contributed by atoms with Crippen molar-refractivity contribution < 1.29 is 4.79 Å². The molecule has 22 heavy (non-hydrogen) atoms. The lowest BCUT2D eigenvalue weighted by Crippen LogP contribution is -2.34. The largest absolute Gasteiger partial charge is 0.342 e. The SMILES string of the molecule is O=C(Cc1cccnc1)N1CCSC(c2ccccc2)CC1. The average Bonchev–Trinajstić information content (AvgIpc) is 2.83. The van der Waals surface area contributed by atoms with Crippen molar-refractivity contribution in [3.63, 3.8) is 0 Å². The monoisotopic (exact) mass is 312 g/mol. The maximum Gasteiger partial charge on any atom is 0.227 e. The zero-order valence-electron chi connectivity index (χ0n) is 12.5. The Hall–Kier alpha value is -1.81. The van der Waals surface area contributed by atoms with E-state index in [0.717, 1.165) is 30.8 Å². The molecule has 3 rings (SSSR count). The molecule has 1 aromatic carbocycles. The summed E-state index contributed by atoms with van der Waals surface area (Å²) in [6.07, 6.45) is 4.99. The Kier molecular flexibility index (Phi) is 5.11. The molecule has 3 nitrogen and oxygen atoms in total. The molecule has 0 spiro atoms. The highest BCUT2D eigenvalue weighted by atomic mass is 32.2. The minimum absolute atomic E-state index is 0.210. The van der Waals surface area contributed by atoms with Crippen LogP contribution in [0.1, 0.15) is 22.8 Å². The second-order valence-electron chi connectivity index (χ2n) is 5.48. The predicted molar refractivity (Wildman–Crippen MR) is 90.8 cm³/mol. The van der Waals surface area contributed by atoms with Crippen LogP contribution in [0.2, 0.25) is 0 Å². The lowest BCUT2D eigenvalue weighted by molar-refractivity contribution is -0.130. The van der Waals surface area contributed by atoms with Gasteiger partial charge in [-0.1, -0.05) is 36.4 Å². The Balaban J connectivity index is 1.59. The van der Waals surface area contributed by atoms with Crippen LogP contribution in [-0.4, -0.2) is 34.6 Å². The number of amides is 1. The molecule has 2 heterocycles. The highest BCUT2D eigenvalue weighted by Gasteiger charge is 2.21. The number of rotatable bonds is 3. The lowest BCUT2D eigenvalue weighted by atomic mass is 10.1. The van der Waals surface area contributed by atoms with E-state index >= 15 is 0 Å². The van der Waals surface area contributed by atoms with E-state index < -0.39 is 0 Å². The topological polar surface area (TPSA) is 33.2 Å². The van der Waals surface area contributed by atoms with Gasteiger partial charge in [-0.2, -0.15) is 11.8 Å². The Bertz CT molecular complexity index is 603. The first-order valence-electron chi connectivity index (χ1n) is 7.66. The van der Waals surface area contributed by atoms with Crippen LogP contribution in [0.25, 0.3) is 0 Å². The van der Waals surface area contributed by atoms with Crippen molar-refractivity contribution in [3.8, 4) is 0 Å². The van der Waals surface area contributed by atoms with Crippen molar-refractivity contribution in [1.82, 2.24) is 9.88 Å². The minimum atomic E-state index is 0.210. The molecule has 0 N–H and O–H groups in total. The second kappa shape index (κ2) is 7.45. The molecule has 1 aliphatic heterocycles. The number of aromatic nitrogens is 1. The predicted octanol–water partition coefficient (Wildman–Crippen LogP) is 3.33. The lowest BCUT2D eigenvalue weighted by Gasteiger charge is -2.20. The molecule has 0 aliphatic carbocycles. The molecular weight excluding hydrogens is 292 g/mol. The van der Waals surface area contributed by atoms with E-state index in [0.29, 0.717) is 11.7 Å². The number of carbonyl (C=O) groups excluding carboxylic acids is 1. The molecule has 1 saturated heterocycles. The summed E-state index contributed by atoms with van der Waals surface area (Å²) >= 11 is 1.96. The van der Waals surface area contributed by atoms with Gasteiger partial charge in [-0.25, -0.2) is 0 Å². The van der Waals surface area contributed by atoms with Crippen LogP contribution < -0.4 is 0 Å². The van der Waals surface area contributed by atoms with E-state index in [1.807, 2.05) is 28.8 Å². The van der Waals surface area contributed by atoms with Crippen LogP contribution >= 0.6 is 11.8 Å². The van der Waals surface area contributed by atoms with E-state index in [9.17, 15) is 4.79 Å². The first-order valence-corrected chi connectivity index (χ1v) is 8.71. The van der Waals surface area contributed by atoms with Crippen LogP contribution in [0, 0.1) is 0 Å². The summed E-state index contributed by atoms with van der Waals surface area (Å²) in [4.78, 5) is 18.5. The van der Waals surface area contributed by atoms with Crippen molar-refractivity contribution >= 4 is 17.7 Å². The molecule has 0 bridgehead atoms. The number of benzene rings is 1. The van der Waals surface area contributed by atoms with Gasteiger partial charge in [-0.3, -0.25) is 9.78 Å². The molecular formula is C18H20N2OS. The molecule has 1 atom stereocenters. The summed E-state index contributed by atoms with van der Waals surface area (Å²) < 4.78 is 0. The number of thioether (sulfide) groups is 1. The van der Waals surface area contributed by atoms with Gasteiger partial charge in [0.25, 0.3) is 0 Å². The van der Waals surface area contributed by atoms with Crippen LogP contribution in [0.5, 0.6) is 0 Å². The molecule has 2 aromatic rings. The van der Waals surface area contributed by atoms with Gasteiger partial charge in [0.2, 0.25) is 5.91 Å². The maximum atomic E-state index is 12.5. The molecule has 1 unspecified atom stereocenters. The molecule has 1 aliphatic rings. The summed E-state index contributed by atoms with van der Waals surface area (Å²) in [5.41, 5.74) is 2.36. The summed E-state index contributed by atoms with van der Waals surface area (Å²) in [7, 11) is 0. The fourth-order valence-electron chi connectivity index (χ4n) is 2.74. The van der Waals surface area contributed by atoms with Gasteiger partial charge in [0.05, 0.1) is 6.42 Å². The van der Waals surface area contributed by atoms with Gasteiger partial charge in [0, 0.05) is 36.5 Å². The maximum absolute atomic E-state index is 12.5. The molecule has 0 saturated carbocycles. The normalized spacial score (nSPS) is 18.7. The third-order valence-electron chi connectivity index (χ3n) is 3.94. The standard InChI is InChI=1S/C18H20N2OS/c21-18(13-15-5-4-9-19-14-15)20-10-8-17(22-12-11-20)16-6-2-1-3-7-16/h1-7,9,14,17H,8,10-13H2. The summed E-state index contributed by atoms with van der Waals surface area (Å²) in [5, 5.41) is 0.498. The molecule has 1 amide bonds. The zero-order chi connectivity index (χ0) is 15.2. The fourth-order valence-corrected chi connectivity index (χ4v) is 3.97. The molecule has 4 heteroatoms. The summed E-state index contributed by atoms with van der Waals surface area (Å²) in [6, 6.07) is 14.4. The van der Waals surface area contributed by atoms with Gasteiger partial charge in [-0.05, 0) is 23.6 Å². The molecule has 1 fully saturated rings. The molecule has 114 valence electrons. The third-order valence-corrected chi connectivity index (χ3v) is 5.27. The van der Waals surface area contributed by atoms with Crippen LogP contribution in [0.3, 0.4) is 0 Å². The Morgan fingerprint density at radius 1 is 1.18 bits per heavy atom. The average molecular weight is 312 g/mol. The Morgan fingerprint density at radius 3 is 2.82 bits per heavy atom. The van der Waals surface area contributed by atoms with Gasteiger partial charge in [0.1, 0.15) is 0 Å². The number of hydrogen-bond acceptors (Lipinski definition) is 3. The van der Waals surface area contributed by atoms with E-state index in [2.05, 4.69) is 35.3 Å². The summed E-state index contributed by atoms with van der Waals surface area (Å²) in [6.45, 7) is 1.68. The third kappa shape index (κ3) is 3.89. The van der Waals surface area contributed by atoms with Crippen molar-refractivity contribution in [2.75, 3.05) is 18.8 Å². The fraction of sp³-hybridized carbons (Fsp3) is 0.333. The quantitative estimate of drug-likeness (QED) is 0.871. The number of carbonyl (C=O) groups is 1. The smallest absolute Gasteiger partial charge is 0.227 e. The highest BCUT2D eigenvalue weighted by Crippen LogP contribution is 2.34. The number of nitrogens with zero attached hydrogens (tertiary/aromatic N) is 2. The van der Waals surface area contributed by atoms with E-state index in [4.69, 9.17) is 0 Å². The van der Waals surface area contributed by atoms with Crippen molar-refractivity contribution in [3.05, 3.63) is 66.0 Å². The van der Waals surface area contributed by atoms with Crippen molar-refractivity contribution in [1.29, 1.82) is 0 Å². The van der Waals surface area contributed by atoms with Gasteiger partial charge < -0.3 is 4.90 Å². The van der Waals surface area contributed by atoms with E-state index in [-0.39, 0.29) is 5.91 Å². The highest BCUT2D eigenvalue weighted by molar-refractivity contribution is 7.99. The molecule has 1 aromatic heterocycles. The summed E-state index contributed by atoms with van der Waals surface area (Å²) in [5.74, 6) is 1.21. The van der Waals surface area contributed by atoms with Gasteiger partial charge in [-0.15, -0.1) is 0 Å². The Morgan fingerprint density at radius 2 is 2.05 bits per heavy atom. The van der Waals surface area contributed by atoms with Gasteiger partial charge >= 0.3 is 0 Å². The van der Waals surface area contributed by atoms with Crippen LogP contribution in [0.4, 0.5) is 0 Å². The molecule has 0 radical (unpaired) electrons. The number of hydrogen-bond donors (Lipinski definition) is 0. The van der Waals surface area contributed by atoms with Crippen LogP contribution in [0.15, 0.2) is 54.9 Å². The second-order valence-corrected chi connectivity index (χ2v) is 6.79. The van der Waals surface area contributed by atoms with Gasteiger partial charge in [0.15, 0.2) is 0 Å². The van der Waals surface area contributed by atoms with E-state index in [1.54, 1.807) is 12.4 Å². The number of pyridine rings is 1.